The first-order chi connectivity index (χ1) is 10.5. The van der Waals surface area contributed by atoms with Gasteiger partial charge in [0.05, 0.1) is 0 Å². The zero-order valence-corrected chi connectivity index (χ0v) is 14.4. The molecule has 2 amide bonds. The average Bonchev–Trinajstić information content (AvgIpc) is 2.52. The minimum Gasteiger partial charge on any atom is -0.273 e. The van der Waals surface area contributed by atoms with E-state index in [1.54, 1.807) is 0 Å². The maximum absolute atomic E-state index is 11.6. The minimum absolute atomic E-state index is 0.111. The van der Waals surface area contributed by atoms with Crippen molar-refractivity contribution in [3.05, 3.63) is 0 Å². The van der Waals surface area contributed by atoms with Crippen molar-refractivity contribution in [2.45, 2.75) is 79.1 Å². The number of nitrogens with zero attached hydrogens (tertiary/aromatic N) is 2. The summed E-state index contributed by atoms with van der Waals surface area (Å²) in [5.41, 5.74) is 6.74. The number of unbranched alkanes of at least 4 members (excludes halogenated alkanes) is 2. The molecule has 126 valence electrons. The van der Waals surface area contributed by atoms with Gasteiger partial charge in [-0.05, 0) is 39.5 Å². The molecule has 0 rings (SSSR count). The normalized spacial score (nSPS) is 12.2. The van der Waals surface area contributed by atoms with Crippen LogP contribution in [0.25, 0.3) is 0 Å². The predicted molar refractivity (Wildman–Crippen MR) is 90.8 cm³/mol. The van der Waals surface area contributed by atoms with Crippen LogP contribution in [0.5, 0.6) is 0 Å². The maximum atomic E-state index is 11.6. The number of nitrogens with one attached hydrogen (secondary N) is 2. The zero-order chi connectivity index (χ0) is 16.8. The van der Waals surface area contributed by atoms with Crippen molar-refractivity contribution in [1.29, 1.82) is 0 Å². The molecule has 0 saturated carbocycles. The molecule has 0 aromatic rings. The van der Waals surface area contributed by atoms with Gasteiger partial charge in [-0.25, -0.2) is 10.9 Å². The van der Waals surface area contributed by atoms with Crippen LogP contribution >= 0.6 is 0 Å². The molecule has 0 atom stereocenters. The summed E-state index contributed by atoms with van der Waals surface area (Å²) in [7, 11) is 0. The van der Waals surface area contributed by atoms with Gasteiger partial charge in [0.25, 0.3) is 0 Å². The predicted octanol–water partition coefficient (Wildman–Crippen LogP) is 3.13. The molecule has 0 bridgehead atoms. The molecule has 0 heterocycles. The van der Waals surface area contributed by atoms with Crippen LogP contribution in [0.15, 0.2) is 10.2 Å². The van der Waals surface area contributed by atoms with Gasteiger partial charge in [-0.15, -0.1) is 0 Å². The molecule has 0 spiro atoms. The highest BCUT2D eigenvalue weighted by molar-refractivity contribution is 5.87. The molecule has 0 aromatic heterocycles. The van der Waals surface area contributed by atoms with E-state index in [0.717, 1.165) is 49.9 Å². The molecule has 2 N–H and O–H groups in total. The Morgan fingerprint density at radius 3 is 1.41 bits per heavy atom. The van der Waals surface area contributed by atoms with E-state index in [0.29, 0.717) is 0 Å². The first-order valence-corrected chi connectivity index (χ1v) is 8.13. The summed E-state index contributed by atoms with van der Waals surface area (Å²) in [6.45, 7) is 7.99. The van der Waals surface area contributed by atoms with Gasteiger partial charge in [0.15, 0.2) is 0 Å². The van der Waals surface area contributed by atoms with Crippen LogP contribution in [0, 0.1) is 0 Å². The summed E-state index contributed by atoms with van der Waals surface area (Å²) < 4.78 is 0. The number of hydrogen-bond donors (Lipinski definition) is 2. The fourth-order valence-corrected chi connectivity index (χ4v) is 1.63. The fraction of sp³-hybridized carbons (Fsp3) is 0.750. The Morgan fingerprint density at radius 1 is 0.727 bits per heavy atom. The van der Waals surface area contributed by atoms with Gasteiger partial charge < -0.3 is 0 Å². The highest BCUT2D eigenvalue weighted by Crippen LogP contribution is 1.97. The van der Waals surface area contributed by atoms with Crippen LogP contribution in [-0.2, 0) is 9.59 Å². The van der Waals surface area contributed by atoms with Crippen molar-refractivity contribution in [3.8, 4) is 0 Å². The van der Waals surface area contributed by atoms with Gasteiger partial charge in [0.1, 0.15) is 0 Å². The molecule has 0 aliphatic carbocycles. The monoisotopic (exact) mass is 310 g/mol. The highest BCUT2D eigenvalue weighted by Gasteiger charge is 2.06. The van der Waals surface area contributed by atoms with Crippen LogP contribution < -0.4 is 10.9 Å². The quantitative estimate of drug-likeness (QED) is 0.454. The largest absolute Gasteiger partial charge is 0.273 e. The topological polar surface area (TPSA) is 82.9 Å². The van der Waals surface area contributed by atoms with E-state index in [-0.39, 0.29) is 24.7 Å². The Hall–Kier alpha value is -1.72. The number of carbonyl (C=O) groups is 2. The first kappa shape index (κ1) is 20.3. The lowest BCUT2D eigenvalue weighted by Crippen LogP contribution is -2.24. The van der Waals surface area contributed by atoms with Crippen molar-refractivity contribution in [2.24, 2.45) is 10.2 Å². The van der Waals surface area contributed by atoms with Gasteiger partial charge in [0.2, 0.25) is 11.8 Å². The van der Waals surface area contributed by atoms with Crippen molar-refractivity contribution in [3.63, 3.8) is 0 Å². The van der Waals surface area contributed by atoms with Crippen molar-refractivity contribution in [2.75, 3.05) is 0 Å². The minimum atomic E-state index is -0.252. The third-order valence-corrected chi connectivity index (χ3v) is 3.11. The lowest BCUT2D eigenvalue weighted by Gasteiger charge is -2.03. The molecule has 0 radical (unpaired) electrons. The van der Waals surface area contributed by atoms with E-state index < -0.39 is 0 Å². The number of hydrogen-bond acceptors (Lipinski definition) is 4. The molecular weight excluding hydrogens is 280 g/mol. The third kappa shape index (κ3) is 12.1. The summed E-state index contributed by atoms with van der Waals surface area (Å²) in [5, 5.41) is 8.01. The smallest absolute Gasteiger partial charge is 0.240 e. The summed E-state index contributed by atoms with van der Waals surface area (Å²) in [4.78, 5) is 23.1. The Balaban J connectivity index is 3.92. The van der Waals surface area contributed by atoms with Gasteiger partial charge >= 0.3 is 0 Å². The molecule has 22 heavy (non-hydrogen) atoms. The van der Waals surface area contributed by atoms with Crippen molar-refractivity contribution in [1.82, 2.24) is 10.9 Å². The molecule has 0 aliphatic rings. The Morgan fingerprint density at radius 2 is 1.09 bits per heavy atom. The summed E-state index contributed by atoms with van der Waals surface area (Å²) in [5.74, 6) is -0.504. The van der Waals surface area contributed by atoms with Crippen LogP contribution in [0.2, 0.25) is 0 Å². The van der Waals surface area contributed by atoms with Gasteiger partial charge in [-0.3, -0.25) is 9.59 Å². The van der Waals surface area contributed by atoms with Crippen LogP contribution in [0.3, 0.4) is 0 Å². The second-order valence-electron chi connectivity index (χ2n) is 5.47. The van der Waals surface area contributed by atoms with E-state index in [1.165, 1.54) is 0 Å². The molecule has 0 fully saturated rings. The molecular formula is C16H30N4O2. The van der Waals surface area contributed by atoms with E-state index in [9.17, 15) is 9.59 Å². The van der Waals surface area contributed by atoms with E-state index in [2.05, 4.69) is 34.9 Å². The van der Waals surface area contributed by atoms with E-state index in [4.69, 9.17) is 0 Å². The Bertz CT molecular complexity index is 365. The van der Waals surface area contributed by atoms with Crippen LogP contribution in [-0.4, -0.2) is 23.2 Å². The number of amides is 2. The Labute approximate surface area is 133 Å². The van der Waals surface area contributed by atoms with Gasteiger partial charge in [0, 0.05) is 24.3 Å². The first-order valence-electron chi connectivity index (χ1n) is 8.13. The summed E-state index contributed by atoms with van der Waals surface area (Å²) >= 11 is 0. The SMILES string of the molecule is CCCC/C(C)=N\NC(=O)CCC(=O)N/N=C(/C)CCCC. The molecule has 0 saturated heterocycles. The van der Waals surface area contributed by atoms with Gasteiger partial charge in [-0.2, -0.15) is 10.2 Å². The maximum Gasteiger partial charge on any atom is 0.240 e. The third-order valence-electron chi connectivity index (χ3n) is 3.11. The molecule has 0 unspecified atom stereocenters. The highest BCUT2D eigenvalue weighted by atomic mass is 16.2. The Kier molecular flexibility index (Phi) is 12.0. The second-order valence-corrected chi connectivity index (χ2v) is 5.47. The summed E-state index contributed by atoms with van der Waals surface area (Å²) in [6.07, 6.45) is 6.29. The van der Waals surface area contributed by atoms with Crippen molar-refractivity contribution < 1.29 is 9.59 Å². The number of carbonyl (C=O) groups excluding carboxylic acids is 2. The van der Waals surface area contributed by atoms with Crippen molar-refractivity contribution >= 4 is 23.2 Å². The standard InChI is InChI=1S/C16H30N4O2/c1-5-7-9-13(3)17-19-15(21)11-12-16(22)20-18-14(4)10-8-6-2/h5-12H2,1-4H3,(H,19,21)(H,20,22)/b17-13-,18-14-. The number of hydrazone groups is 2. The van der Waals surface area contributed by atoms with Crippen LogP contribution in [0.4, 0.5) is 0 Å². The number of rotatable bonds is 11. The fourth-order valence-electron chi connectivity index (χ4n) is 1.63. The molecule has 6 heteroatoms. The zero-order valence-electron chi connectivity index (χ0n) is 14.4. The van der Waals surface area contributed by atoms with Crippen LogP contribution in [0.1, 0.15) is 79.1 Å². The van der Waals surface area contributed by atoms with E-state index in [1.807, 2.05) is 13.8 Å². The molecule has 0 aliphatic heterocycles. The molecule has 0 aromatic carbocycles. The second kappa shape index (κ2) is 13.0. The lowest BCUT2D eigenvalue weighted by molar-refractivity contribution is -0.126. The molecule has 6 nitrogen and oxygen atoms in total. The average molecular weight is 310 g/mol. The summed E-state index contributed by atoms with van der Waals surface area (Å²) in [6, 6.07) is 0. The van der Waals surface area contributed by atoms with Gasteiger partial charge in [-0.1, -0.05) is 26.7 Å². The van der Waals surface area contributed by atoms with E-state index >= 15 is 0 Å². The lowest BCUT2D eigenvalue weighted by atomic mass is 10.2.